The molecule has 3 N–H and O–H groups in total. The summed E-state index contributed by atoms with van der Waals surface area (Å²) in [5.41, 5.74) is 6.38. The van der Waals surface area contributed by atoms with Crippen molar-refractivity contribution in [3.8, 4) is 0 Å². The third kappa shape index (κ3) is 2.52. The molecule has 0 saturated carbocycles. The maximum atomic E-state index is 11.3. The molecule has 0 spiro atoms. The van der Waals surface area contributed by atoms with Crippen molar-refractivity contribution in [2.45, 2.75) is 26.3 Å². The van der Waals surface area contributed by atoms with Gasteiger partial charge in [-0.05, 0) is 31.4 Å². The van der Waals surface area contributed by atoms with Crippen LogP contribution in [0.3, 0.4) is 0 Å². The van der Waals surface area contributed by atoms with Crippen LogP contribution in [0.4, 0.5) is 11.4 Å². The fraction of sp³-hybridized carbons (Fsp3) is 0.462. The predicted octanol–water partition coefficient (Wildman–Crippen LogP) is 1.92. The van der Waals surface area contributed by atoms with Gasteiger partial charge in [-0.1, -0.05) is 12.1 Å². The molecule has 108 valence electrons. The van der Waals surface area contributed by atoms with Crippen LogP contribution in [0, 0.1) is 16.0 Å². The minimum atomic E-state index is -0.431. The number of anilines is 1. The molecular weight excluding hydrogens is 260 g/mol. The van der Waals surface area contributed by atoms with Crippen LogP contribution < -0.4 is 10.6 Å². The minimum absolute atomic E-state index is 0.0185. The summed E-state index contributed by atoms with van der Waals surface area (Å²) < 4.78 is 0. The van der Waals surface area contributed by atoms with Crippen LogP contribution in [-0.2, 0) is 0 Å². The first-order valence-corrected chi connectivity index (χ1v) is 6.47. The Hall–Kier alpha value is -2.31. The molecule has 1 aliphatic heterocycles. The highest BCUT2D eigenvalue weighted by Gasteiger charge is 2.31. The number of nitro groups is 1. The largest absolute Gasteiger partial charge is 0.409 e. The molecule has 1 aromatic rings. The van der Waals surface area contributed by atoms with E-state index in [2.05, 4.69) is 19.0 Å². The fourth-order valence-corrected chi connectivity index (χ4v) is 2.77. The summed E-state index contributed by atoms with van der Waals surface area (Å²) in [4.78, 5) is 12.9. The van der Waals surface area contributed by atoms with Gasteiger partial charge in [0.25, 0.3) is 5.69 Å². The Balaban J connectivity index is 2.46. The molecule has 1 saturated heterocycles. The van der Waals surface area contributed by atoms with E-state index in [1.807, 2.05) is 4.90 Å². The van der Waals surface area contributed by atoms with Crippen LogP contribution >= 0.6 is 0 Å². The van der Waals surface area contributed by atoms with Gasteiger partial charge in [0.05, 0.1) is 4.92 Å². The number of hydrogen-bond donors (Lipinski definition) is 2. The van der Waals surface area contributed by atoms with E-state index >= 15 is 0 Å². The van der Waals surface area contributed by atoms with E-state index < -0.39 is 4.92 Å². The average Bonchev–Trinajstić information content (AvgIpc) is 2.76. The van der Waals surface area contributed by atoms with Crippen LogP contribution in [0.2, 0.25) is 0 Å². The Morgan fingerprint density at radius 1 is 1.55 bits per heavy atom. The summed E-state index contributed by atoms with van der Waals surface area (Å²) in [6.07, 6.45) is 1.01. The van der Waals surface area contributed by atoms with Crippen molar-refractivity contribution in [1.29, 1.82) is 0 Å². The lowest BCUT2D eigenvalue weighted by atomic mass is 10.1. The summed E-state index contributed by atoms with van der Waals surface area (Å²) in [7, 11) is 0. The highest BCUT2D eigenvalue weighted by Crippen LogP contribution is 2.35. The quantitative estimate of drug-likeness (QED) is 0.289. The fourth-order valence-electron chi connectivity index (χ4n) is 2.77. The molecule has 1 heterocycles. The van der Waals surface area contributed by atoms with Gasteiger partial charge in [-0.25, -0.2) is 0 Å². The van der Waals surface area contributed by atoms with Gasteiger partial charge in [0, 0.05) is 24.2 Å². The highest BCUT2D eigenvalue weighted by molar-refractivity contribution is 5.98. The van der Waals surface area contributed by atoms with Crippen molar-refractivity contribution in [2.75, 3.05) is 11.4 Å². The Kier molecular flexibility index (Phi) is 3.78. The third-order valence-corrected chi connectivity index (χ3v) is 3.67. The normalized spacial score (nSPS) is 23.1. The van der Waals surface area contributed by atoms with Gasteiger partial charge in [-0.2, -0.15) is 0 Å². The number of hydrogen-bond acceptors (Lipinski definition) is 5. The number of rotatable bonds is 3. The van der Waals surface area contributed by atoms with Crippen molar-refractivity contribution < 1.29 is 10.1 Å². The molecule has 0 aliphatic carbocycles. The van der Waals surface area contributed by atoms with E-state index in [1.165, 1.54) is 6.07 Å². The maximum Gasteiger partial charge on any atom is 0.293 e. The summed E-state index contributed by atoms with van der Waals surface area (Å²) in [5, 5.41) is 22.8. The molecule has 0 aromatic heterocycles. The molecule has 7 nitrogen and oxygen atoms in total. The monoisotopic (exact) mass is 278 g/mol. The van der Waals surface area contributed by atoms with Crippen molar-refractivity contribution in [2.24, 2.45) is 16.8 Å². The molecule has 2 rings (SSSR count). The van der Waals surface area contributed by atoms with Gasteiger partial charge >= 0.3 is 0 Å². The summed E-state index contributed by atoms with van der Waals surface area (Å²) >= 11 is 0. The van der Waals surface area contributed by atoms with Gasteiger partial charge < -0.3 is 15.8 Å². The van der Waals surface area contributed by atoms with Gasteiger partial charge in [0.2, 0.25) is 0 Å². The molecule has 1 fully saturated rings. The topological polar surface area (TPSA) is 105 Å². The maximum absolute atomic E-state index is 11.3. The molecule has 2 atom stereocenters. The van der Waals surface area contributed by atoms with Crippen LogP contribution in [0.5, 0.6) is 0 Å². The number of nitrogens with two attached hydrogens (primary N) is 1. The van der Waals surface area contributed by atoms with Gasteiger partial charge in [-0.3, -0.25) is 10.1 Å². The highest BCUT2D eigenvalue weighted by atomic mass is 16.6. The van der Waals surface area contributed by atoms with E-state index in [1.54, 1.807) is 12.1 Å². The van der Waals surface area contributed by atoms with Crippen LogP contribution in [0.25, 0.3) is 0 Å². The summed E-state index contributed by atoms with van der Waals surface area (Å²) in [6, 6.07) is 4.91. The van der Waals surface area contributed by atoms with Crippen molar-refractivity contribution in [3.05, 3.63) is 33.9 Å². The minimum Gasteiger partial charge on any atom is -0.409 e. The van der Waals surface area contributed by atoms with Gasteiger partial charge in [0.1, 0.15) is 5.69 Å². The summed E-state index contributed by atoms with van der Waals surface area (Å²) in [5.74, 6) is 0.371. The molecular formula is C13H18N4O3. The molecule has 1 aromatic carbocycles. The Labute approximate surface area is 116 Å². The number of nitrogens with zero attached hydrogens (tertiary/aromatic N) is 3. The van der Waals surface area contributed by atoms with Crippen molar-refractivity contribution in [1.82, 2.24) is 0 Å². The van der Waals surface area contributed by atoms with Crippen molar-refractivity contribution >= 4 is 17.2 Å². The second-order valence-corrected chi connectivity index (χ2v) is 5.29. The molecule has 0 radical (unpaired) electrons. The number of amidine groups is 1. The van der Waals surface area contributed by atoms with E-state index in [-0.39, 0.29) is 17.6 Å². The van der Waals surface area contributed by atoms with E-state index in [4.69, 9.17) is 10.9 Å². The van der Waals surface area contributed by atoms with Gasteiger partial charge in [-0.15, -0.1) is 0 Å². The SMILES string of the molecule is CC1CC(C)N(c2ccc(/C(N)=N/O)cc2[N+](=O)[O-])C1. The number of benzene rings is 1. The zero-order chi connectivity index (χ0) is 14.9. The van der Waals surface area contributed by atoms with Crippen LogP contribution in [0.15, 0.2) is 23.4 Å². The lowest BCUT2D eigenvalue weighted by Crippen LogP contribution is -2.27. The zero-order valence-electron chi connectivity index (χ0n) is 11.5. The Morgan fingerprint density at radius 2 is 2.25 bits per heavy atom. The standard InChI is InChI=1S/C13H18N4O3/c1-8-5-9(2)16(7-8)11-4-3-10(13(14)15-18)6-12(11)17(19)20/h3-4,6,8-9,18H,5,7H2,1-2H3,(H2,14,15). The van der Waals surface area contributed by atoms with E-state index in [0.717, 1.165) is 13.0 Å². The second-order valence-electron chi connectivity index (χ2n) is 5.29. The third-order valence-electron chi connectivity index (χ3n) is 3.67. The molecule has 1 aliphatic rings. The lowest BCUT2D eigenvalue weighted by Gasteiger charge is -2.23. The lowest BCUT2D eigenvalue weighted by molar-refractivity contribution is -0.384. The molecule has 7 heteroatoms. The first-order chi connectivity index (χ1) is 9.43. The van der Waals surface area contributed by atoms with Crippen LogP contribution in [-0.4, -0.2) is 28.6 Å². The molecule has 0 amide bonds. The Bertz CT molecular complexity index is 559. The molecule has 2 unspecified atom stereocenters. The first kappa shape index (κ1) is 14.1. The first-order valence-electron chi connectivity index (χ1n) is 6.47. The van der Waals surface area contributed by atoms with Crippen LogP contribution in [0.1, 0.15) is 25.8 Å². The predicted molar refractivity (Wildman–Crippen MR) is 76.2 cm³/mol. The van der Waals surface area contributed by atoms with E-state index in [9.17, 15) is 10.1 Å². The van der Waals surface area contributed by atoms with Gasteiger partial charge in [0.15, 0.2) is 5.84 Å². The van der Waals surface area contributed by atoms with E-state index in [0.29, 0.717) is 17.2 Å². The zero-order valence-corrected chi connectivity index (χ0v) is 11.5. The molecule has 20 heavy (non-hydrogen) atoms. The number of oxime groups is 1. The second kappa shape index (κ2) is 5.36. The molecule has 0 bridgehead atoms. The average molecular weight is 278 g/mol. The smallest absolute Gasteiger partial charge is 0.293 e. The number of nitro benzene ring substituents is 1. The van der Waals surface area contributed by atoms with Crippen molar-refractivity contribution in [3.63, 3.8) is 0 Å². The summed E-state index contributed by atoms with van der Waals surface area (Å²) in [6.45, 7) is 4.99. The Morgan fingerprint density at radius 3 is 2.75 bits per heavy atom.